The van der Waals surface area contributed by atoms with Crippen molar-refractivity contribution in [3.05, 3.63) is 70.8 Å². The maximum atomic E-state index is 12.2. The van der Waals surface area contributed by atoms with Gasteiger partial charge in [0, 0.05) is 5.56 Å². The molecule has 21 heavy (non-hydrogen) atoms. The Balaban J connectivity index is 2.07. The summed E-state index contributed by atoms with van der Waals surface area (Å²) in [5.74, 6) is -0.163. The number of benzene rings is 2. The highest BCUT2D eigenvalue weighted by Crippen LogP contribution is 2.19. The maximum absolute atomic E-state index is 12.2. The van der Waals surface area contributed by atoms with Crippen molar-refractivity contribution in [3.63, 3.8) is 0 Å². The van der Waals surface area contributed by atoms with Crippen LogP contribution in [-0.4, -0.2) is 17.6 Å². The lowest BCUT2D eigenvalue weighted by atomic mass is 9.96. The Morgan fingerprint density at radius 1 is 1.14 bits per heavy atom. The van der Waals surface area contributed by atoms with Gasteiger partial charge in [0.15, 0.2) is 0 Å². The van der Waals surface area contributed by atoms with Crippen molar-refractivity contribution < 1.29 is 9.90 Å². The van der Waals surface area contributed by atoms with Gasteiger partial charge in [0.1, 0.15) is 5.60 Å². The van der Waals surface area contributed by atoms with Crippen LogP contribution in [-0.2, 0) is 5.60 Å². The van der Waals surface area contributed by atoms with E-state index in [1.165, 1.54) is 0 Å². The van der Waals surface area contributed by atoms with Crippen molar-refractivity contribution in [2.45, 2.75) is 26.4 Å². The highest BCUT2D eigenvalue weighted by Gasteiger charge is 2.23. The van der Waals surface area contributed by atoms with E-state index in [1.807, 2.05) is 62.4 Å². The predicted octanol–water partition coefficient (Wildman–Crippen LogP) is 2.94. The molecule has 0 aliphatic heterocycles. The Morgan fingerprint density at radius 2 is 1.81 bits per heavy atom. The van der Waals surface area contributed by atoms with Crippen LogP contribution in [0.4, 0.5) is 0 Å². The summed E-state index contributed by atoms with van der Waals surface area (Å²) in [6.07, 6.45) is 0. The Kier molecular flexibility index (Phi) is 4.43. The van der Waals surface area contributed by atoms with E-state index in [0.29, 0.717) is 5.56 Å². The number of hydrogen-bond donors (Lipinski definition) is 2. The molecule has 2 rings (SSSR count). The first-order valence-corrected chi connectivity index (χ1v) is 7.03. The van der Waals surface area contributed by atoms with Crippen molar-refractivity contribution in [1.29, 1.82) is 0 Å². The van der Waals surface area contributed by atoms with Crippen LogP contribution in [0.2, 0.25) is 0 Å². The van der Waals surface area contributed by atoms with Crippen molar-refractivity contribution in [2.75, 3.05) is 6.54 Å². The fourth-order valence-corrected chi connectivity index (χ4v) is 2.32. The number of aryl methyl sites for hydroxylation is 2. The summed E-state index contributed by atoms with van der Waals surface area (Å²) >= 11 is 0. The van der Waals surface area contributed by atoms with Crippen molar-refractivity contribution in [2.24, 2.45) is 0 Å². The zero-order valence-corrected chi connectivity index (χ0v) is 12.7. The van der Waals surface area contributed by atoms with Gasteiger partial charge in [0.2, 0.25) is 0 Å². The molecule has 2 aromatic rings. The average Bonchev–Trinajstić information content (AvgIpc) is 2.46. The lowest BCUT2D eigenvalue weighted by Crippen LogP contribution is -2.38. The molecule has 3 heteroatoms. The highest BCUT2D eigenvalue weighted by atomic mass is 16.3. The Hall–Kier alpha value is -2.13. The minimum Gasteiger partial charge on any atom is -0.384 e. The normalized spacial score (nSPS) is 13.5. The molecule has 0 aliphatic carbocycles. The summed E-state index contributed by atoms with van der Waals surface area (Å²) in [7, 11) is 0. The third-order valence-corrected chi connectivity index (χ3v) is 3.62. The third-order valence-electron chi connectivity index (χ3n) is 3.62. The Bertz CT molecular complexity index is 633. The number of rotatable bonds is 4. The van der Waals surface area contributed by atoms with Gasteiger partial charge in [-0.3, -0.25) is 4.79 Å². The highest BCUT2D eigenvalue weighted by molar-refractivity contribution is 5.95. The zero-order chi connectivity index (χ0) is 15.5. The van der Waals surface area contributed by atoms with Crippen LogP contribution in [0.15, 0.2) is 48.5 Å². The average molecular weight is 283 g/mol. The van der Waals surface area contributed by atoms with Gasteiger partial charge in [-0.2, -0.15) is 0 Å². The number of carbonyl (C=O) groups excluding carboxylic acids is 1. The van der Waals surface area contributed by atoms with E-state index in [1.54, 1.807) is 6.92 Å². The largest absolute Gasteiger partial charge is 0.384 e. The first-order chi connectivity index (χ1) is 9.90. The molecule has 2 aromatic carbocycles. The third kappa shape index (κ3) is 3.70. The summed E-state index contributed by atoms with van der Waals surface area (Å²) in [5.41, 5.74) is 2.40. The topological polar surface area (TPSA) is 49.3 Å². The Labute approximate surface area is 125 Å². The number of aliphatic hydroxyl groups is 1. The van der Waals surface area contributed by atoms with E-state index in [4.69, 9.17) is 0 Å². The minimum absolute atomic E-state index is 0.163. The molecule has 3 nitrogen and oxygen atoms in total. The minimum atomic E-state index is -1.09. The molecule has 0 heterocycles. The molecule has 0 fully saturated rings. The number of hydrogen-bond acceptors (Lipinski definition) is 2. The predicted molar refractivity (Wildman–Crippen MR) is 84.3 cm³/mol. The van der Waals surface area contributed by atoms with Crippen molar-refractivity contribution in [3.8, 4) is 0 Å². The smallest absolute Gasteiger partial charge is 0.251 e. The van der Waals surface area contributed by atoms with E-state index in [-0.39, 0.29) is 12.5 Å². The van der Waals surface area contributed by atoms with E-state index in [0.717, 1.165) is 16.7 Å². The number of amides is 1. The number of carbonyl (C=O) groups is 1. The molecule has 1 amide bonds. The second-order valence-corrected chi connectivity index (χ2v) is 5.64. The van der Waals surface area contributed by atoms with Crippen LogP contribution in [0.25, 0.3) is 0 Å². The molecule has 0 aliphatic rings. The molecule has 0 radical (unpaired) electrons. The molecule has 0 aromatic heterocycles. The molecule has 2 N–H and O–H groups in total. The molecular weight excluding hydrogens is 262 g/mol. The fraction of sp³-hybridized carbons (Fsp3) is 0.278. The van der Waals surface area contributed by atoms with Crippen molar-refractivity contribution >= 4 is 5.91 Å². The molecule has 0 saturated carbocycles. The van der Waals surface area contributed by atoms with Crippen LogP contribution in [0.5, 0.6) is 0 Å². The lowest BCUT2D eigenvalue weighted by Gasteiger charge is -2.24. The van der Waals surface area contributed by atoms with Crippen LogP contribution in [0, 0.1) is 13.8 Å². The summed E-state index contributed by atoms with van der Waals surface area (Å²) < 4.78 is 0. The molecule has 1 unspecified atom stereocenters. The van der Waals surface area contributed by atoms with Gasteiger partial charge in [-0.05, 0) is 38.0 Å². The molecular formula is C18H21NO2. The molecule has 110 valence electrons. The quantitative estimate of drug-likeness (QED) is 0.906. The van der Waals surface area contributed by atoms with Gasteiger partial charge in [0.25, 0.3) is 5.91 Å². The first-order valence-electron chi connectivity index (χ1n) is 7.03. The first kappa shape index (κ1) is 15.3. The lowest BCUT2D eigenvalue weighted by molar-refractivity contribution is 0.0526. The fourth-order valence-electron chi connectivity index (χ4n) is 2.32. The van der Waals surface area contributed by atoms with Crippen LogP contribution in [0.3, 0.4) is 0 Å². The standard InChI is InChI=1S/C18H21NO2/c1-13-9-10-16(14(2)11-13)17(20)19-12-18(3,21)15-7-5-4-6-8-15/h4-11,21H,12H2,1-3H3,(H,19,20). The molecule has 0 bridgehead atoms. The Morgan fingerprint density at radius 3 is 2.43 bits per heavy atom. The molecule has 1 atom stereocenters. The van der Waals surface area contributed by atoms with Gasteiger partial charge < -0.3 is 10.4 Å². The van der Waals surface area contributed by atoms with E-state index in [2.05, 4.69) is 5.32 Å². The SMILES string of the molecule is Cc1ccc(C(=O)NCC(C)(O)c2ccccc2)c(C)c1. The van der Waals surface area contributed by atoms with Gasteiger partial charge in [0.05, 0.1) is 6.54 Å². The van der Waals surface area contributed by atoms with Crippen LogP contribution >= 0.6 is 0 Å². The van der Waals surface area contributed by atoms with Gasteiger partial charge in [-0.25, -0.2) is 0 Å². The zero-order valence-electron chi connectivity index (χ0n) is 12.7. The van der Waals surface area contributed by atoms with Gasteiger partial charge in [-0.15, -0.1) is 0 Å². The summed E-state index contributed by atoms with van der Waals surface area (Å²) in [5, 5.41) is 13.3. The summed E-state index contributed by atoms with van der Waals surface area (Å²) in [6.45, 7) is 5.78. The van der Waals surface area contributed by atoms with Crippen LogP contribution in [0.1, 0.15) is 34.0 Å². The number of nitrogens with one attached hydrogen (secondary N) is 1. The summed E-state index contributed by atoms with van der Waals surface area (Å²) in [4.78, 5) is 12.2. The second kappa shape index (κ2) is 6.10. The molecule has 0 spiro atoms. The molecule has 0 saturated heterocycles. The summed E-state index contributed by atoms with van der Waals surface area (Å²) in [6, 6.07) is 15.0. The second-order valence-electron chi connectivity index (χ2n) is 5.64. The van der Waals surface area contributed by atoms with Gasteiger partial charge >= 0.3 is 0 Å². The maximum Gasteiger partial charge on any atom is 0.251 e. The van der Waals surface area contributed by atoms with E-state index in [9.17, 15) is 9.90 Å². The van der Waals surface area contributed by atoms with Crippen molar-refractivity contribution in [1.82, 2.24) is 5.32 Å². The monoisotopic (exact) mass is 283 g/mol. The van der Waals surface area contributed by atoms with Gasteiger partial charge in [-0.1, -0.05) is 48.0 Å². The van der Waals surface area contributed by atoms with Crippen LogP contribution < -0.4 is 5.32 Å². The van der Waals surface area contributed by atoms with E-state index >= 15 is 0 Å². The van der Waals surface area contributed by atoms with E-state index < -0.39 is 5.60 Å².